The van der Waals surface area contributed by atoms with Crippen LogP contribution in [0.25, 0.3) is 6.08 Å². The molecule has 2 N–H and O–H groups in total. The number of aromatic nitrogens is 1. The molecule has 0 aromatic carbocycles. The fraction of sp³-hybridized carbons (Fsp3) is 0.615. The lowest BCUT2D eigenvalue weighted by Crippen LogP contribution is -2.40. The number of hydrogen-bond donors (Lipinski definition) is 2. The van der Waals surface area contributed by atoms with Crippen LogP contribution in [0.2, 0.25) is 0 Å². The molecule has 33 heavy (non-hydrogen) atoms. The molecule has 0 fully saturated rings. The summed E-state index contributed by atoms with van der Waals surface area (Å²) in [5.41, 5.74) is 2.95. The van der Waals surface area contributed by atoms with Crippen molar-refractivity contribution in [2.24, 2.45) is 5.92 Å². The molecule has 0 unspecified atom stereocenters. The number of rotatable bonds is 2. The molecule has 0 bridgehead atoms. The highest BCUT2D eigenvalue weighted by Crippen LogP contribution is 2.36. The second-order valence-electron chi connectivity index (χ2n) is 9.57. The average molecular weight is 494 g/mol. The normalized spacial score (nSPS) is 33.1. The summed E-state index contributed by atoms with van der Waals surface area (Å²) in [6, 6.07) is 0. The summed E-state index contributed by atoms with van der Waals surface area (Å²) in [5, 5.41) is 24.5. The van der Waals surface area contributed by atoms with Crippen LogP contribution in [-0.4, -0.2) is 49.5 Å². The molecular formula is C26H39NO4S2. The number of esters is 1. The van der Waals surface area contributed by atoms with Crippen LogP contribution in [-0.2, 0) is 9.53 Å². The number of carbonyl (C=O) groups is 1. The van der Waals surface area contributed by atoms with Gasteiger partial charge < -0.3 is 14.9 Å². The summed E-state index contributed by atoms with van der Waals surface area (Å²) in [5.74, 6) is -0.436. The number of aliphatic hydroxyl groups is 2. The van der Waals surface area contributed by atoms with Crippen molar-refractivity contribution in [2.75, 3.05) is 0 Å². The van der Waals surface area contributed by atoms with Crippen LogP contribution in [0.15, 0.2) is 34.8 Å². The number of carbonyl (C=O) groups excluding carboxylic acids is 1. The third kappa shape index (κ3) is 8.71. The Morgan fingerprint density at radius 1 is 1.27 bits per heavy atom. The number of thiazole rings is 1. The van der Waals surface area contributed by atoms with E-state index in [0.717, 1.165) is 22.7 Å². The summed E-state index contributed by atoms with van der Waals surface area (Å²) in [6.45, 7) is 13.8. The van der Waals surface area contributed by atoms with Gasteiger partial charge in [-0.2, -0.15) is 0 Å². The molecule has 5 atom stereocenters. The minimum absolute atomic E-state index is 0.00870. The molecule has 0 aliphatic carbocycles. The molecule has 1 aliphatic heterocycles. The molecule has 5 nitrogen and oxygen atoms in total. The van der Waals surface area contributed by atoms with Gasteiger partial charge >= 0.3 is 5.97 Å². The van der Waals surface area contributed by atoms with Gasteiger partial charge in [0.15, 0.2) is 0 Å². The van der Waals surface area contributed by atoms with Crippen molar-refractivity contribution in [3.63, 3.8) is 0 Å². The van der Waals surface area contributed by atoms with Crippen molar-refractivity contribution >= 4 is 35.1 Å². The van der Waals surface area contributed by atoms with Crippen molar-refractivity contribution in [3.8, 4) is 0 Å². The monoisotopic (exact) mass is 493 g/mol. The minimum atomic E-state index is -0.896. The van der Waals surface area contributed by atoms with Crippen LogP contribution in [0.3, 0.4) is 0 Å². The third-order valence-corrected chi connectivity index (χ3v) is 8.35. The highest BCUT2D eigenvalue weighted by atomic mass is 32.2. The second-order valence-corrected chi connectivity index (χ2v) is 12.7. The van der Waals surface area contributed by atoms with Gasteiger partial charge in [0.2, 0.25) is 0 Å². The van der Waals surface area contributed by atoms with E-state index in [1.807, 2.05) is 53.0 Å². The van der Waals surface area contributed by atoms with E-state index in [2.05, 4.69) is 30.1 Å². The topological polar surface area (TPSA) is 79.7 Å². The number of allylic oxidation sites excluding steroid dienone is 2. The maximum atomic E-state index is 12.8. The summed E-state index contributed by atoms with van der Waals surface area (Å²) < 4.78 is 5.24. The summed E-state index contributed by atoms with van der Waals surface area (Å²) >= 11 is 3.08. The number of aryl methyl sites for hydroxylation is 1. The Morgan fingerprint density at radius 2 is 1.97 bits per heavy atom. The SMILES string of the molecule is C/C1=C/C[C@@H](/C(C)=C\c2csc(C)n2)OC(=O)C[C@H](O)C(C)(C)S[C@H](C)[C@@H](O)[C@@H](C)/C=C\C1. The summed E-state index contributed by atoms with van der Waals surface area (Å²) in [7, 11) is 0. The standard InChI is InChI=1S/C26H39NO4S2/c1-16-9-8-10-17(2)25(30)19(4)33-26(6,7)23(28)14-24(29)31-22(12-11-16)18(3)13-21-15-32-20(5)27-21/h8,10-11,13,15,17,19,22-23,25,28,30H,9,12,14H2,1-7H3/b10-8-,16-11-,18-13-/t17-,19+,22-,23-,25-/m0/s1. The Hall–Kier alpha value is -1.41. The number of hydrogen-bond acceptors (Lipinski definition) is 7. The lowest BCUT2D eigenvalue weighted by Gasteiger charge is -2.35. The van der Waals surface area contributed by atoms with Gasteiger partial charge in [-0.3, -0.25) is 4.79 Å². The summed E-state index contributed by atoms with van der Waals surface area (Å²) in [6.07, 6.45) is 7.57. The fourth-order valence-corrected chi connectivity index (χ4v) is 5.89. The number of aliphatic hydroxyl groups excluding tert-OH is 2. The Kier molecular flexibility index (Phi) is 10.4. The molecule has 0 radical (unpaired) electrons. The lowest BCUT2D eigenvalue weighted by molar-refractivity contribution is -0.149. The maximum Gasteiger partial charge on any atom is 0.309 e. The van der Waals surface area contributed by atoms with Gasteiger partial charge in [-0.25, -0.2) is 4.98 Å². The Morgan fingerprint density at radius 3 is 2.61 bits per heavy atom. The van der Waals surface area contributed by atoms with Crippen LogP contribution < -0.4 is 0 Å². The highest BCUT2D eigenvalue weighted by molar-refractivity contribution is 8.01. The summed E-state index contributed by atoms with van der Waals surface area (Å²) in [4.78, 5) is 17.3. The first-order valence-electron chi connectivity index (χ1n) is 11.5. The average Bonchev–Trinajstić information content (AvgIpc) is 3.13. The zero-order valence-corrected chi connectivity index (χ0v) is 22.5. The molecule has 184 valence electrons. The van der Waals surface area contributed by atoms with Crippen molar-refractivity contribution < 1.29 is 19.7 Å². The molecule has 1 aromatic rings. The van der Waals surface area contributed by atoms with Gasteiger partial charge in [0.05, 0.1) is 29.3 Å². The molecule has 2 rings (SSSR count). The van der Waals surface area contributed by atoms with Crippen molar-refractivity contribution in [2.45, 2.75) is 96.0 Å². The highest BCUT2D eigenvalue weighted by Gasteiger charge is 2.35. The Balaban J connectivity index is 2.31. The van der Waals surface area contributed by atoms with E-state index in [9.17, 15) is 15.0 Å². The van der Waals surface area contributed by atoms with E-state index in [4.69, 9.17) is 4.74 Å². The minimum Gasteiger partial charge on any atom is -0.457 e. The molecule has 0 amide bonds. The van der Waals surface area contributed by atoms with Gasteiger partial charge in [-0.15, -0.1) is 23.1 Å². The first kappa shape index (κ1) is 27.8. The predicted octanol–water partition coefficient (Wildman–Crippen LogP) is 5.71. The quantitative estimate of drug-likeness (QED) is 0.406. The lowest BCUT2D eigenvalue weighted by atomic mass is 10.00. The zero-order chi connectivity index (χ0) is 24.8. The fourth-order valence-electron chi connectivity index (χ4n) is 3.74. The van der Waals surface area contributed by atoms with E-state index in [-0.39, 0.29) is 17.6 Å². The zero-order valence-electron chi connectivity index (χ0n) is 20.9. The van der Waals surface area contributed by atoms with E-state index in [0.29, 0.717) is 6.42 Å². The van der Waals surface area contributed by atoms with E-state index in [1.165, 1.54) is 17.3 Å². The number of cyclic esters (lactones) is 1. The molecule has 1 aliphatic rings. The van der Waals surface area contributed by atoms with Crippen molar-refractivity contribution in [1.29, 1.82) is 0 Å². The van der Waals surface area contributed by atoms with Crippen LogP contribution in [0.1, 0.15) is 71.5 Å². The van der Waals surface area contributed by atoms with E-state index >= 15 is 0 Å². The second kappa shape index (κ2) is 12.3. The third-order valence-electron chi connectivity index (χ3n) is 6.03. The Labute approximate surface area is 207 Å². The number of nitrogens with zero attached hydrogens (tertiary/aromatic N) is 1. The van der Waals surface area contributed by atoms with Crippen LogP contribution in [0.5, 0.6) is 0 Å². The van der Waals surface area contributed by atoms with Gasteiger partial charge in [0.1, 0.15) is 6.10 Å². The maximum absolute atomic E-state index is 12.8. The van der Waals surface area contributed by atoms with Gasteiger partial charge in [-0.05, 0) is 52.7 Å². The molecule has 7 heteroatoms. The Bertz CT molecular complexity index is 887. The molecular weight excluding hydrogens is 454 g/mol. The van der Waals surface area contributed by atoms with E-state index < -0.39 is 29.0 Å². The van der Waals surface area contributed by atoms with Crippen LogP contribution in [0, 0.1) is 12.8 Å². The van der Waals surface area contributed by atoms with Gasteiger partial charge in [0, 0.05) is 27.7 Å². The van der Waals surface area contributed by atoms with Crippen molar-refractivity contribution in [1.82, 2.24) is 4.98 Å². The molecule has 1 aromatic heterocycles. The van der Waals surface area contributed by atoms with Crippen LogP contribution >= 0.6 is 23.1 Å². The van der Waals surface area contributed by atoms with E-state index in [1.54, 1.807) is 11.3 Å². The first-order valence-corrected chi connectivity index (χ1v) is 13.3. The molecule has 0 spiro atoms. The van der Waals surface area contributed by atoms with Gasteiger partial charge in [0.25, 0.3) is 0 Å². The molecule has 0 saturated carbocycles. The van der Waals surface area contributed by atoms with Crippen molar-refractivity contribution in [3.05, 3.63) is 45.5 Å². The smallest absolute Gasteiger partial charge is 0.309 e. The van der Waals surface area contributed by atoms with Crippen LogP contribution in [0.4, 0.5) is 0 Å². The number of ether oxygens (including phenoxy) is 1. The predicted molar refractivity (Wildman–Crippen MR) is 139 cm³/mol. The molecule has 2 heterocycles. The first-order chi connectivity index (χ1) is 15.4. The van der Waals surface area contributed by atoms with Gasteiger partial charge in [-0.1, -0.05) is 37.6 Å². The molecule has 0 saturated heterocycles. The number of thioether (sulfide) groups is 1. The largest absolute Gasteiger partial charge is 0.457 e.